The summed E-state index contributed by atoms with van der Waals surface area (Å²) in [5.41, 5.74) is 7.95. The molecule has 3 amide bonds. The summed E-state index contributed by atoms with van der Waals surface area (Å²) in [5, 5.41) is 14.7. The highest BCUT2D eigenvalue weighted by atomic mass is 19.1. The minimum atomic E-state index is -0.976. The minimum Gasteiger partial charge on any atom is -0.396 e. The van der Waals surface area contributed by atoms with E-state index in [0.717, 1.165) is 21.9 Å². The topological polar surface area (TPSA) is 116 Å². The number of nitrogens with zero attached hydrogens (tertiary/aromatic N) is 2. The Bertz CT molecular complexity index is 1670. The van der Waals surface area contributed by atoms with Gasteiger partial charge in [-0.15, -0.1) is 0 Å². The minimum absolute atomic E-state index is 0.118. The zero-order valence-corrected chi connectivity index (χ0v) is 26.9. The molecular weight excluding hydrogens is 583 g/mol. The van der Waals surface area contributed by atoms with Crippen molar-refractivity contribution < 1.29 is 23.9 Å². The second kappa shape index (κ2) is 15.1. The van der Waals surface area contributed by atoms with Crippen molar-refractivity contribution in [3.63, 3.8) is 0 Å². The number of likely N-dealkylation sites (N-methyl/N-ethyl adjacent to an activating group) is 2. The van der Waals surface area contributed by atoms with Crippen LogP contribution in [0, 0.1) is 11.2 Å². The van der Waals surface area contributed by atoms with E-state index in [1.165, 1.54) is 21.9 Å². The van der Waals surface area contributed by atoms with Crippen molar-refractivity contribution in [2.45, 2.75) is 45.3 Å². The molecule has 0 aliphatic carbocycles. The fourth-order valence-corrected chi connectivity index (χ4v) is 5.29. The van der Waals surface area contributed by atoms with Gasteiger partial charge in [0.1, 0.15) is 17.9 Å². The van der Waals surface area contributed by atoms with E-state index in [1.807, 2.05) is 62.4 Å². The van der Waals surface area contributed by atoms with Crippen LogP contribution < -0.4 is 11.1 Å². The Morgan fingerprint density at radius 1 is 0.804 bits per heavy atom. The second-order valence-corrected chi connectivity index (χ2v) is 12.6. The third kappa shape index (κ3) is 8.56. The molecule has 4 rings (SSSR count). The Hall–Kier alpha value is -4.60. The number of benzene rings is 4. The van der Waals surface area contributed by atoms with Crippen molar-refractivity contribution in [2.75, 3.05) is 27.2 Å². The van der Waals surface area contributed by atoms with Crippen molar-refractivity contribution in [1.82, 2.24) is 15.1 Å². The molecule has 0 saturated carbocycles. The SMILES string of the molecule is CN(C(=O)c1cccc(CN)c1)[C@H](Cc1ccc2ccccc2c1)C(=O)N(C)[C@H](Cc1ccc(F)cc1)C(=O)NCC(C)(C)CO. The van der Waals surface area contributed by atoms with Crippen molar-refractivity contribution >= 4 is 28.5 Å². The van der Waals surface area contributed by atoms with Crippen LogP contribution in [0.15, 0.2) is 91.0 Å². The standard InChI is InChI=1S/C37H43FN4O4/c1-37(2,24-43)23-40-34(44)32(20-25-13-16-31(38)17-14-25)41(3)36(46)33(21-26-12-15-28-9-5-6-10-29(28)18-26)42(4)35(45)30-11-7-8-27(19-30)22-39/h5-19,32-33,43H,20-24,39H2,1-4H3,(H,40,44)/t32-,33-/m1/s1. The zero-order chi connectivity index (χ0) is 33.4. The molecule has 0 heterocycles. The maximum atomic E-state index is 14.5. The van der Waals surface area contributed by atoms with E-state index in [2.05, 4.69) is 5.32 Å². The summed E-state index contributed by atoms with van der Waals surface area (Å²) in [6.45, 7) is 3.94. The highest BCUT2D eigenvalue weighted by molar-refractivity contribution is 5.98. The Labute approximate surface area is 270 Å². The molecule has 4 N–H and O–H groups in total. The summed E-state index contributed by atoms with van der Waals surface area (Å²) in [6.07, 6.45) is 0.321. The van der Waals surface area contributed by atoms with Gasteiger partial charge in [-0.3, -0.25) is 14.4 Å². The fraction of sp³-hybridized carbons (Fsp3) is 0.324. The molecule has 0 aliphatic rings. The summed E-state index contributed by atoms with van der Waals surface area (Å²) in [7, 11) is 3.14. The van der Waals surface area contributed by atoms with Crippen molar-refractivity contribution in [3.05, 3.63) is 119 Å². The maximum absolute atomic E-state index is 14.5. The number of hydrogen-bond acceptors (Lipinski definition) is 5. The molecule has 0 fully saturated rings. The van der Waals surface area contributed by atoms with Gasteiger partial charge in [-0.1, -0.05) is 80.6 Å². The molecule has 242 valence electrons. The normalized spacial score (nSPS) is 12.8. The number of nitrogens with one attached hydrogen (secondary N) is 1. The number of nitrogens with two attached hydrogens (primary N) is 1. The molecule has 0 unspecified atom stereocenters. The lowest BCUT2D eigenvalue weighted by atomic mass is 9.94. The summed E-state index contributed by atoms with van der Waals surface area (Å²) in [6, 6.07) is 24.7. The average molecular weight is 627 g/mol. The van der Waals surface area contributed by atoms with Crippen molar-refractivity contribution in [1.29, 1.82) is 0 Å². The zero-order valence-electron chi connectivity index (χ0n) is 26.9. The average Bonchev–Trinajstić information content (AvgIpc) is 3.08. The Kier molecular flexibility index (Phi) is 11.3. The van der Waals surface area contributed by atoms with Gasteiger partial charge in [-0.05, 0) is 51.7 Å². The van der Waals surface area contributed by atoms with Gasteiger partial charge in [0.15, 0.2) is 0 Å². The Morgan fingerprint density at radius 2 is 1.46 bits per heavy atom. The van der Waals surface area contributed by atoms with Gasteiger partial charge in [-0.2, -0.15) is 0 Å². The predicted molar refractivity (Wildman–Crippen MR) is 178 cm³/mol. The quantitative estimate of drug-likeness (QED) is 0.205. The lowest BCUT2D eigenvalue weighted by Gasteiger charge is -2.35. The molecular formula is C37H43FN4O4. The van der Waals surface area contributed by atoms with E-state index in [-0.39, 0.29) is 38.4 Å². The number of aliphatic hydroxyl groups excluding tert-OH is 1. The van der Waals surface area contributed by atoms with E-state index in [0.29, 0.717) is 11.1 Å². The van der Waals surface area contributed by atoms with Gasteiger partial charge < -0.3 is 26.0 Å². The number of halogens is 1. The number of aliphatic hydroxyl groups is 1. The molecule has 0 spiro atoms. The number of rotatable bonds is 13. The van der Waals surface area contributed by atoms with E-state index in [9.17, 15) is 23.9 Å². The van der Waals surface area contributed by atoms with Crippen LogP contribution in [-0.2, 0) is 29.0 Å². The van der Waals surface area contributed by atoms with Crippen molar-refractivity contribution in [3.8, 4) is 0 Å². The lowest BCUT2D eigenvalue weighted by molar-refractivity contribution is -0.142. The first-order chi connectivity index (χ1) is 21.9. The third-order valence-electron chi connectivity index (χ3n) is 8.35. The van der Waals surface area contributed by atoms with E-state index in [4.69, 9.17) is 5.73 Å². The van der Waals surface area contributed by atoms with Crippen LogP contribution in [0.2, 0.25) is 0 Å². The molecule has 0 aromatic heterocycles. The molecule has 2 atom stereocenters. The van der Waals surface area contributed by atoms with Crippen LogP contribution in [-0.4, -0.2) is 72.0 Å². The van der Waals surface area contributed by atoms with Crippen LogP contribution in [0.4, 0.5) is 4.39 Å². The lowest BCUT2D eigenvalue weighted by Crippen LogP contribution is -2.56. The molecule has 4 aromatic rings. The smallest absolute Gasteiger partial charge is 0.254 e. The van der Waals surface area contributed by atoms with E-state index < -0.39 is 35.1 Å². The summed E-state index contributed by atoms with van der Waals surface area (Å²) >= 11 is 0. The number of hydrogen-bond donors (Lipinski definition) is 3. The van der Waals surface area contributed by atoms with Crippen molar-refractivity contribution in [2.24, 2.45) is 11.1 Å². The van der Waals surface area contributed by atoms with Gasteiger partial charge in [0.2, 0.25) is 11.8 Å². The molecule has 0 bridgehead atoms. The molecule has 0 saturated heterocycles. The maximum Gasteiger partial charge on any atom is 0.254 e. The van der Waals surface area contributed by atoms with Crippen LogP contribution in [0.25, 0.3) is 10.8 Å². The Balaban J connectivity index is 1.70. The predicted octanol–water partition coefficient (Wildman–Crippen LogP) is 4.33. The largest absolute Gasteiger partial charge is 0.396 e. The van der Waals surface area contributed by atoms with Gasteiger partial charge in [0, 0.05) is 57.6 Å². The van der Waals surface area contributed by atoms with Gasteiger partial charge in [-0.25, -0.2) is 4.39 Å². The first-order valence-corrected chi connectivity index (χ1v) is 15.4. The fourth-order valence-electron chi connectivity index (χ4n) is 5.29. The van der Waals surface area contributed by atoms with Crippen LogP contribution in [0.3, 0.4) is 0 Å². The molecule has 0 aliphatic heterocycles. The third-order valence-corrected chi connectivity index (χ3v) is 8.35. The molecule has 8 nitrogen and oxygen atoms in total. The van der Waals surface area contributed by atoms with Crippen LogP contribution >= 0.6 is 0 Å². The molecule has 46 heavy (non-hydrogen) atoms. The molecule has 0 radical (unpaired) electrons. The highest BCUT2D eigenvalue weighted by Crippen LogP contribution is 2.22. The second-order valence-electron chi connectivity index (χ2n) is 12.6. The van der Waals surface area contributed by atoms with E-state index in [1.54, 1.807) is 44.4 Å². The first kappa shape index (κ1) is 34.3. The number of carbonyl (C=O) groups is 3. The van der Waals surface area contributed by atoms with E-state index >= 15 is 0 Å². The molecule has 9 heteroatoms. The van der Waals surface area contributed by atoms with Gasteiger partial charge in [0.25, 0.3) is 5.91 Å². The summed E-state index contributed by atoms with van der Waals surface area (Å²) in [4.78, 5) is 44.8. The molecule has 4 aromatic carbocycles. The summed E-state index contributed by atoms with van der Waals surface area (Å²) in [5.74, 6) is -1.61. The van der Waals surface area contributed by atoms with Gasteiger partial charge >= 0.3 is 0 Å². The monoisotopic (exact) mass is 626 g/mol. The number of carbonyl (C=O) groups excluding carboxylic acids is 3. The first-order valence-electron chi connectivity index (χ1n) is 15.4. The number of fused-ring (bicyclic) bond motifs is 1. The Morgan fingerprint density at radius 3 is 2.13 bits per heavy atom. The highest BCUT2D eigenvalue weighted by Gasteiger charge is 2.36. The summed E-state index contributed by atoms with van der Waals surface area (Å²) < 4.78 is 13.7. The van der Waals surface area contributed by atoms with Crippen LogP contribution in [0.5, 0.6) is 0 Å². The van der Waals surface area contributed by atoms with Gasteiger partial charge in [0.05, 0.1) is 0 Å². The number of amides is 3. The van der Waals surface area contributed by atoms with Crippen LogP contribution in [0.1, 0.15) is 40.9 Å².